The number of hydrogen-bond donors (Lipinski definition) is 2. The molecule has 0 unspecified atom stereocenters. The molecule has 0 spiro atoms. The lowest BCUT2D eigenvalue weighted by Crippen LogP contribution is -2.31. The Labute approximate surface area is 124 Å². The van der Waals surface area contributed by atoms with Crippen LogP contribution in [0, 0.1) is 6.92 Å². The van der Waals surface area contributed by atoms with Gasteiger partial charge in [-0.2, -0.15) is 0 Å². The third kappa shape index (κ3) is 2.46. The average molecular weight is 280 g/mol. The molecule has 3 rings (SSSR count). The summed E-state index contributed by atoms with van der Waals surface area (Å²) >= 11 is 0. The fourth-order valence-corrected chi connectivity index (χ4v) is 2.96. The molecule has 0 bridgehead atoms. The summed E-state index contributed by atoms with van der Waals surface area (Å²) in [6, 6.07) is 18.1. The standard InChI is InChI=1S/C18H20N2O/c1-13-12-20(16-10-6-5-9-15(13)16)18(17(21)11-19)14-7-3-2-4-8-14/h2-10,12,17-18,21H,11,19H2,1H3/t17-,18+/m0/s1. The Hall–Kier alpha value is -2.10. The summed E-state index contributed by atoms with van der Waals surface area (Å²) in [6.45, 7) is 2.32. The zero-order valence-corrected chi connectivity index (χ0v) is 12.1. The highest BCUT2D eigenvalue weighted by molar-refractivity contribution is 5.84. The van der Waals surface area contributed by atoms with Crippen LogP contribution in [0.25, 0.3) is 10.9 Å². The maximum atomic E-state index is 10.4. The summed E-state index contributed by atoms with van der Waals surface area (Å²) in [7, 11) is 0. The minimum Gasteiger partial charge on any atom is -0.389 e. The fourth-order valence-electron chi connectivity index (χ4n) is 2.96. The van der Waals surface area contributed by atoms with Gasteiger partial charge in [0.1, 0.15) is 0 Å². The third-order valence-electron chi connectivity index (χ3n) is 3.99. The van der Waals surface area contributed by atoms with E-state index in [-0.39, 0.29) is 12.6 Å². The van der Waals surface area contributed by atoms with E-state index in [1.165, 1.54) is 10.9 Å². The number of fused-ring (bicyclic) bond motifs is 1. The molecule has 1 heterocycles. The molecule has 0 aliphatic heterocycles. The van der Waals surface area contributed by atoms with E-state index in [0.29, 0.717) is 0 Å². The first kappa shape index (κ1) is 13.9. The second kappa shape index (κ2) is 5.72. The first-order chi connectivity index (χ1) is 10.2. The smallest absolute Gasteiger partial charge is 0.0910 e. The van der Waals surface area contributed by atoms with E-state index in [2.05, 4.69) is 29.8 Å². The molecular weight excluding hydrogens is 260 g/mol. The number of rotatable bonds is 4. The molecule has 3 aromatic rings. The molecule has 108 valence electrons. The number of aromatic nitrogens is 1. The quantitative estimate of drug-likeness (QED) is 0.772. The molecular formula is C18H20N2O. The Morgan fingerprint density at radius 1 is 1.05 bits per heavy atom. The first-order valence-electron chi connectivity index (χ1n) is 7.21. The monoisotopic (exact) mass is 280 g/mol. The zero-order chi connectivity index (χ0) is 14.8. The van der Waals surface area contributed by atoms with E-state index in [1.807, 2.05) is 42.5 Å². The SMILES string of the molecule is Cc1cn([C@H](c2ccccc2)[C@@H](O)CN)c2ccccc12. The van der Waals surface area contributed by atoms with Gasteiger partial charge < -0.3 is 15.4 Å². The maximum absolute atomic E-state index is 10.4. The van der Waals surface area contributed by atoms with Gasteiger partial charge in [0.15, 0.2) is 0 Å². The minimum atomic E-state index is -0.623. The summed E-state index contributed by atoms with van der Waals surface area (Å²) in [5.41, 5.74) is 9.13. The van der Waals surface area contributed by atoms with Crippen molar-refractivity contribution in [3.8, 4) is 0 Å². The highest BCUT2D eigenvalue weighted by Crippen LogP contribution is 2.29. The van der Waals surface area contributed by atoms with Gasteiger partial charge in [-0.05, 0) is 24.1 Å². The number of para-hydroxylation sites is 1. The highest BCUT2D eigenvalue weighted by atomic mass is 16.3. The van der Waals surface area contributed by atoms with E-state index in [4.69, 9.17) is 5.73 Å². The molecule has 0 fully saturated rings. The van der Waals surface area contributed by atoms with Crippen molar-refractivity contribution in [1.82, 2.24) is 4.57 Å². The van der Waals surface area contributed by atoms with Crippen LogP contribution >= 0.6 is 0 Å². The summed E-state index contributed by atoms with van der Waals surface area (Å²) in [4.78, 5) is 0. The number of nitrogens with zero attached hydrogens (tertiary/aromatic N) is 1. The molecule has 0 amide bonds. The topological polar surface area (TPSA) is 51.2 Å². The van der Waals surface area contributed by atoms with E-state index in [9.17, 15) is 5.11 Å². The van der Waals surface area contributed by atoms with Crippen LogP contribution in [0.5, 0.6) is 0 Å². The fraction of sp³-hybridized carbons (Fsp3) is 0.222. The van der Waals surface area contributed by atoms with Crippen LogP contribution in [-0.2, 0) is 0 Å². The first-order valence-corrected chi connectivity index (χ1v) is 7.21. The molecule has 1 aromatic heterocycles. The Kier molecular flexibility index (Phi) is 3.78. The second-order valence-corrected chi connectivity index (χ2v) is 5.40. The van der Waals surface area contributed by atoms with Crippen LogP contribution in [0.1, 0.15) is 17.2 Å². The molecule has 3 N–H and O–H groups in total. The van der Waals surface area contributed by atoms with Gasteiger partial charge in [0.05, 0.1) is 12.1 Å². The maximum Gasteiger partial charge on any atom is 0.0910 e. The number of benzene rings is 2. The summed E-state index contributed by atoms with van der Waals surface area (Å²) in [5.74, 6) is 0. The van der Waals surface area contributed by atoms with Crippen LogP contribution in [0.3, 0.4) is 0 Å². The number of aryl methyl sites for hydroxylation is 1. The highest BCUT2D eigenvalue weighted by Gasteiger charge is 2.23. The zero-order valence-electron chi connectivity index (χ0n) is 12.1. The molecule has 2 aromatic carbocycles. The van der Waals surface area contributed by atoms with Crippen molar-refractivity contribution in [3.63, 3.8) is 0 Å². The van der Waals surface area contributed by atoms with Gasteiger partial charge in [0.25, 0.3) is 0 Å². The molecule has 0 radical (unpaired) electrons. The van der Waals surface area contributed by atoms with Gasteiger partial charge in [-0.15, -0.1) is 0 Å². The molecule has 2 atom stereocenters. The van der Waals surface area contributed by atoms with E-state index >= 15 is 0 Å². The molecule has 0 saturated carbocycles. The van der Waals surface area contributed by atoms with Crippen molar-refractivity contribution in [3.05, 3.63) is 71.9 Å². The van der Waals surface area contributed by atoms with Crippen molar-refractivity contribution < 1.29 is 5.11 Å². The number of nitrogens with two attached hydrogens (primary N) is 1. The van der Waals surface area contributed by atoms with Crippen LogP contribution in [0.15, 0.2) is 60.8 Å². The van der Waals surface area contributed by atoms with Gasteiger partial charge in [-0.25, -0.2) is 0 Å². The Morgan fingerprint density at radius 2 is 1.71 bits per heavy atom. The Bertz CT molecular complexity index is 733. The lowest BCUT2D eigenvalue weighted by molar-refractivity contribution is 0.140. The molecule has 0 aliphatic rings. The number of aliphatic hydroxyl groups excluding tert-OH is 1. The largest absolute Gasteiger partial charge is 0.389 e. The average Bonchev–Trinajstić information content (AvgIpc) is 2.86. The molecule has 21 heavy (non-hydrogen) atoms. The van der Waals surface area contributed by atoms with E-state index < -0.39 is 6.10 Å². The minimum absolute atomic E-state index is 0.171. The van der Waals surface area contributed by atoms with Crippen molar-refractivity contribution in [2.75, 3.05) is 6.54 Å². The summed E-state index contributed by atoms with van der Waals surface area (Å²) in [6.07, 6.45) is 1.48. The number of hydrogen-bond acceptors (Lipinski definition) is 2. The van der Waals surface area contributed by atoms with Crippen molar-refractivity contribution >= 4 is 10.9 Å². The molecule has 0 aliphatic carbocycles. The molecule has 0 saturated heterocycles. The van der Waals surface area contributed by atoms with Crippen molar-refractivity contribution in [2.24, 2.45) is 5.73 Å². The number of aliphatic hydroxyl groups is 1. The Balaban J connectivity index is 2.20. The summed E-state index contributed by atoms with van der Waals surface area (Å²) < 4.78 is 2.14. The lowest BCUT2D eigenvalue weighted by atomic mass is 10.0. The third-order valence-corrected chi connectivity index (χ3v) is 3.99. The van der Waals surface area contributed by atoms with Crippen LogP contribution in [0.4, 0.5) is 0 Å². The molecule has 3 heteroatoms. The lowest BCUT2D eigenvalue weighted by Gasteiger charge is -2.25. The second-order valence-electron chi connectivity index (χ2n) is 5.40. The van der Waals surface area contributed by atoms with Gasteiger partial charge in [0.2, 0.25) is 0 Å². The van der Waals surface area contributed by atoms with Crippen molar-refractivity contribution in [2.45, 2.75) is 19.1 Å². The van der Waals surface area contributed by atoms with Crippen LogP contribution in [0.2, 0.25) is 0 Å². The van der Waals surface area contributed by atoms with Crippen LogP contribution in [-0.4, -0.2) is 22.3 Å². The van der Waals surface area contributed by atoms with Gasteiger partial charge >= 0.3 is 0 Å². The van der Waals surface area contributed by atoms with Crippen LogP contribution < -0.4 is 5.73 Å². The van der Waals surface area contributed by atoms with E-state index in [0.717, 1.165) is 11.1 Å². The van der Waals surface area contributed by atoms with Gasteiger partial charge in [-0.3, -0.25) is 0 Å². The summed E-state index contributed by atoms with van der Waals surface area (Å²) in [5, 5.41) is 11.7. The predicted molar refractivity (Wildman–Crippen MR) is 86.3 cm³/mol. The normalized spacial score (nSPS) is 14.2. The Morgan fingerprint density at radius 3 is 2.43 bits per heavy atom. The molecule has 3 nitrogen and oxygen atoms in total. The van der Waals surface area contributed by atoms with Gasteiger partial charge in [-0.1, -0.05) is 48.5 Å². The predicted octanol–water partition coefficient (Wildman–Crippen LogP) is 2.86. The van der Waals surface area contributed by atoms with Crippen molar-refractivity contribution in [1.29, 1.82) is 0 Å². The van der Waals surface area contributed by atoms with Gasteiger partial charge in [0, 0.05) is 23.6 Å². The van der Waals surface area contributed by atoms with E-state index in [1.54, 1.807) is 0 Å².